The first-order valence-electron chi connectivity index (χ1n) is 4.69. The minimum atomic E-state index is -1.15. The van der Waals surface area contributed by atoms with E-state index in [2.05, 4.69) is 21.9 Å². The van der Waals surface area contributed by atoms with Crippen LogP contribution in [-0.4, -0.2) is 11.5 Å². The number of hydrogen-bond acceptors (Lipinski definition) is 3. The van der Waals surface area contributed by atoms with Gasteiger partial charge in [-0.1, -0.05) is 17.0 Å². The van der Waals surface area contributed by atoms with Crippen molar-refractivity contribution >= 4 is 5.69 Å². The molecule has 0 N–H and O–H groups in total. The van der Waals surface area contributed by atoms with E-state index >= 15 is 0 Å². The maximum atomic E-state index is 13.3. The highest BCUT2D eigenvalue weighted by Gasteiger charge is 2.17. The van der Waals surface area contributed by atoms with Gasteiger partial charge >= 0.3 is 5.69 Å². The molecule has 6 nitrogen and oxygen atoms in total. The number of rotatable bonds is 3. The Labute approximate surface area is 100 Å². The summed E-state index contributed by atoms with van der Waals surface area (Å²) in [5, 5.41) is 13.5. The zero-order chi connectivity index (χ0) is 13.5. The Morgan fingerprint density at radius 3 is 2.78 bits per heavy atom. The average molecular weight is 252 g/mol. The summed E-state index contributed by atoms with van der Waals surface area (Å²) in [6, 6.07) is 1.14. The minimum Gasteiger partial charge on any atom is -0.258 e. The Kier molecular flexibility index (Phi) is 4.60. The summed E-state index contributed by atoms with van der Waals surface area (Å²) in [6.07, 6.45) is 0.183. The first kappa shape index (κ1) is 13.4. The Morgan fingerprint density at radius 2 is 2.17 bits per heavy atom. The molecule has 8 heteroatoms. The van der Waals surface area contributed by atoms with Gasteiger partial charge in [-0.15, -0.1) is 0 Å². The van der Waals surface area contributed by atoms with Crippen LogP contribution in [0.25, 0.3) is 10.4 Å². The summed E-state index contributed by atoms with van der Waals surface area (Å²) in [5.41, 5.74) is 6.77. The van der Waals surface area contributed by atoms with Crippen molar-refractivity contribution in [2.75, 3.05) is 6.54 Å². The summed E-state index contributed by atoms with van der Waals surface area (Å²) in [6.45, 7) is 0.112. The molecule has 1 aromatic rings. The van der Waals surface area contributed by atoms with Crippen LogP contribution < -0.4 is 0 Å². The van der Waals surface area contributed by atoms with Gasteiger partial charge in [-0.05, 0) is 11.6 Å². The van der Waals surface area contributed by atoms with Crippen LogP contribution in [0.15, 0.2) is 17.2 Å². The van der Waals surface area contributed by atoms with Crippen molar-refractivity contribution < 1.29 is 13.7 Å². The van der Waals surface area contributed by atoms with Crippen molar-refractivity contribution in [2.45, 2.75) is 6.42 Å². The number of benzene rings is 1. The summed E-state index contributed by atoms with van der Waals surface area (Å²) in [7, 11) is 0. The zero-order valence-corrected chi connectivity index (χ0v) is 8.93. The van der Waals surface area contributed by atoms with Crippen molar-refractivity contribution in [1.29, 1.82) is 0 Å². The molecule has 0 aliphatic rings. The van der Waals surface area contributed by atoms with Crippen LogP contribution in [0.2, 0.25) is 0 Å². The van der Waals surface area contributed by atoms with Crippen LogP contribution in [0.5, 0.6) is 0 Å². The van der Waals surface area contributed by atoms with Gasteiger partial charge in [0.2, 0.25) is 5.82 Å². The predicted molar refractivity (Wildman–Crippen MR) is 58.5 cm³/mol. The van der Waals surface area contributed by atoms with Gasteiger partial charge in [0.25, 0.3) is 0 Å². The van der Waals surface area contributed by atoms with E-state index in [0.717, 1.165) is 0 Å². The molecule has 0 heterocycles. The van der Waals surface area contributed by atoms with E-state index in [-0.39, 0.29) is 18.5 Å². The third-order valence-corrected chi connectivity index (χ3v) is 1.86. The highest BCUT2D eigenvalue weighted by Crippen LogP contribution is 2.20. The molecule has 0 spiro atoms. The molecule has 18 heavy (non-hydrogen) atoms. The van der Waals surface area contributed by atoms with Crippen molar-refractivity contribution in [1.82, 2.24) is 0 Å². The molecule has 0 unspecified atom stereocenters. The van der Waals surface area contributed by atoms with Gasteiger partial charge in [-0.3, -0.25) is 10.1 Å². The fourth-order valence-electron chi connectivity index (χ4n) is 1.08. The van der Waals surface area contributed by atoms with Crippen molar-refractivity contribution in [2.24, 2.45) is 5.11 Å². The lowest BCUT2D eigenvalue weighted by molar-refractivity contribution is -0.387. The lowest BCUT2D eigenvalue weighted by Gasteiger charge is -1.97. The molecular formula is C10H6F2N4O2. The van der Waals surface area contributed by atoms with E-state index < -0.39 is 22.2 Å². The predicted octanol–water partition coefficient (Wildman–Crippen LogP) is 2.92. The van der Waals surface area contributed by atoms with E-state index in [1.54, 1.807) is 0 Å². The van der Waals surface area contributed by atoms with Crippen LogP contribution in [-0.2, 0) is 0 Å². The van der Waals surface area contributed by atoms with Crippen LogP contribution in [0.4, 0.5) is 14.5 Å². The molecular weight excluding hydrogens is 246 g/mol. The van der Waals surface area contributed by atoms with Crippen molar-refractivity contribution in [3.05, 3.63) is 49.9 Å². The van der Waals surface area contributed by atoms with E-state index in [1.165, 1.54) is 0 Å². The Morgan fingerprint density at radius 1 is 1.44 bits per heavy atom. The van der Waals surface area contributed by atoms with Crippen LogP contribution in [0.1, 0.15) is 12.0 Å². The molecule has 0 saturated heterocycles. The summed E-state index contributed by atoms with van der Waals surface area (Å²) in [4.78, 5) is 11.8. The largest absolute Gasteiger partial charge is 0.307 e. The maximum absolute atomic E-state index is 13.3. The van der Waals surface area contributed by atoms with Gasteiger partial charge in [-0.2, -0.15) is 4.39 Å². The molecule has 0 fully saturated rings. The standard InChI is InChI=1S/C10H6F2N4O2/c11-8-6-10(16(17)18)9(12)5-7(8)3-1-2-4-14-15-13/h5-6H,2,4H2. The molecule has 0 saturated carbocycles. The molecule has 0 amide bonds. The number of nitro benzene ring substituents is 1. The van der Waals surface area contributed by atoms with Crippen LogP contribution in [0, 0.1) is 33.6 Å². The van der Waals surface area contributed by atoms with Crippen molar-refractivity contribution in [3.63, 3.8) is 0 Å². The minimum absolute atomic E-state index is 0.112. The molecule has 0 aromatic heterocycles. The van der Waals surface area contributed by atoms with Gasteiger partial charge in [0.1, 0.15) is 5.82 Å². The van der Waals surface area contributed by atoms with Crippen LogP contribution >= 0.6 is 0 Å². The first-order chi connectivity index (χ1) is 8.56. The number of hydrogen-bond donors (Lipinski definition) is 0. The average Bonchev–Trinajstić information content (AvgIpc) is 2.32. The summed E-state index contributed by atoms with van der Waals surface area (Å²) < 4.78 is 26.5. The second-order valence-electron chi connectivity index (χ2n) is 3.05. The highest BCUT2D eigenvalue weighted by atomic mass is 19.1. The quantitative estimate of drug-likeness (QED) is 0.157. The van der Waals surface area contributed by atoms with Gasteiger partial charge < -0.3 is 0 Å². The Bertz CT molecular complexity index is 586. The highest BCUT2D eigenvalue weighted by molar-refractivity contribution is 5.43. The lowest BCUT2D eigenvalue weighted by Crippen LogP contribution is -1.96. The van der Waals surface area contributed by atoms with Gasteiger partial charge in [0.05, 0.1) is 16.6 Å². The van der Waals surface area contributed by atoms with Gasteiger partial charge in [0.15, 0.2) is 0 Å². The molecule has 0 bridgehead atoms. The lowest BCUT2D eigenvalue weighted by atomic mass is 10.2. The second-order valence-corrected chi connectivity index (χ2v) is 3.05. The molecule has 0 aliphatic carbocycles. The summed E-state index contributed by atoms with van der Waals surface area (Å²) in [5.74, 6) is 2.64. The SMILES string of the molecule is [N-]=[N+]=NCCC#Cc1cc(F)c([N+](=O)[O-])cc1F. The number of nitro groups is 1. The van der Waals surface area contributed by atoms with Crippen molar-refractivity contribution in [3.8, 4) is 11.8 Å². The number of azide groups is 1. The Hall–Kier alpha value is -2.65. The smallest absolute Gasteiger partial charge is 0.258 e. The van der Waals surface area contributed by atoms with E-state index in [1.807, 2.05) is 0 Å². The summed E-state index contributed by atoms with van der Waals surface area (Å²) >= 11 is 0. The third kappa shape index (κ3) is 3.43. The monoisotopic (exact) mass is 252 g/mol. The van der Waals surface area contributed by atoms with E-state index in [9.17, 15) is 18.9 Å². The fraction of sp³-hybridized carbons (Fsp3) is 0.200. The fourth-order valence-corrected chi connectivity index (χ4v) is 1.08. The number of nitrogens with zero attached hydrogens (tertiary/aromatic N) is 4. The molecule has 1 rings (SSSR count). The number of halogens is 2. The van der Waals surface area contributed by atoms with Gasteiger partial charge in [0, 0.05) is 17.9 Å². The molecule has 1 aromatic carbocycles. The molecule has 0 atom stereocenters. The van der Waals surface area contributed by atoms with Crippen LogP contribution in [0.3, 0.4) is 0 Å². The molecule has 92 valence electrons. The zero-order valence-electron chi connectivity index (χ0n) is 8.93. The van der Waals surface area contributed by atoms with Gasteiger partial charge in [-0.25, -0.2) is 4.39 Å². The van der Waals surface area contributed by atoms with E-state index in [0.29, 0.717) is 12.1 Å². The maximum Gasteiger partial charge on any atom is 0.307 e. The molecule has 0 aliphatic heterocycles. The second kappa shape index (κ2) is 6.18. The third-order valence-electron chi connectivity index (χ3n) is 1.86. The molecule has 0 radical (unpaired) electrons. The Balaban J connectivity index is 2.94. The normalized spacial score (nSPS) is 9.00. The topological polar surface area (TPSA) is 91.9 Å². The first-order valence-corrected chi connectivity index (χ1v) is 4.69. The van der Waals surface area contributed by atoms with E-state index in [4.69, 9.17) is 5.53 Å².